The molecule has 0 N–H and O–H groups in total. The Bertz CT molecular complexity index is 516. The molecule has 0 amide bonds. The van der Waals surface area contributed by atoms with Crippen LogP contribution in [0.1, 0.15) is 5.56 Å². The average Bonchev–Trinajstić information content (AvgIpc) is 2.39. The van der Waals surface area contributed by atoms with E-state index in [2.05, 4.69) is 9.97 Å². The number of ether oxygens (including phenoxy) is 1. The van der Waals surface area contributed by atoms with E-state index in [0.29, 0.717) is 5.15 Å². The van der Waals surface area contributed by atoms with Gasteiger partial charge in [0.15, 0.2) is 0 Å². The van der Waals surface area contributed by atoms with Crippen LogP contribution in [0.4, 0.5) is 5.82 Å². The molecule has 0 radical (unpaired) electrons. The minimum absolute atomic E-state index is 0.397. The van der Waals surface area contributed by atoms with Crippen LogP contribution in [0, 0.1) is 0 Å². The first-order chi connectivity index (χ1) is 8.69. The van der Waals surface area contributed by atoms with E-state index in [1.807, 2.05) is 36.2 Å². The van der Waals surface area contributed by atoms with E-state index in [1.165, 1.54) is 11.8 Å². The summed E-state index contributed by atoms with van der Waals surface area (Å²) in [6, 6.07) is 7.92. The van der Waals surface area contributed by atoms with Gasteiger partial charge in [0, 0.05) is 13.6 Å². The molecule has 0 atom stereocenters. The van der Waals surface area contributed by atoms with Gasteiger partial charge < -0.3 is 9.64 Å². The fraction of sp³-hybridized carbons (Fsp3) is 0.231. The van der Waals surface area contributed by atoms with Crippen LogP contribution in [0.25, 0.3) is 0 Å². The molecule has 0 saturated heterocycles. The second-order valence-corrected chi connectivity index (χ2v) is 4.29. The summed E-state index contributed by atoms with van der Waals surface area (Å²) in [6.07, 6.45) is 3.21. The predicted molar refractivity (Wildman–Crippen MR) is 72.1 cm³/mol. The standard InChI is InChI=1S/C13H14ClN3O/c1-17(13-8-15-7-12(14)16-13)9-10-3-5-11(18-2)6-4-10/h3-8H,9H2,1-2H3. The Morgan fingerprint density at radius 3 is 2.56 bits per heavy atom. The van der Waals surface area contributed by atoms with Gasteiger partial charge in [-0.1, -0.05) is 23.7 Å². The van der Waals surface area contributed by atoms with Gasteiger partial charge in [-0.2, -0.15) is 0 Å². The van der Waals surface area contributed by atoms with E-state index in [-0.39, 0.29) is 0 Å². The molecule has 1 aromatic heterocycles. The lowest BCUT2D eigenvalue weighted by Crippen LogP contribution is -2.17. The van der Waals surface area contributed by atoms with E-state index >= 15 is 0 Å². The first-order valence-corrected chi connectivity index (χ1v) is 5.88. The number of hydrogen-bond donors (Lipinski definition) is 0. The van der Waals surface area contributed by atoms with Crippen LogP contribution in [-0.4, -0.2) is 24.1 Å². The summed E-state index contributed by atoms with van der Waals surface area (Å²) in [5.41, 5.74) is 1.17. The summed E-state index contributed by atoms with van der Waals surface area (Å²) in [5, 5.41) is 0.397. The van der Waals surface area contributed by atoms with Crippen LogP contribution in [0.3, 0.4) is 0 Å². The highest BCUT2D eigenvalue weighted by atomic mass is 35.5. The molecule has 4 nitrogen and oxygen atoms in total. The third-order valence-electron chi connectivity index (χ3n) is 2.56. The van der Waals surface area contributed by atoms with E-state index in [1.54, 1.807) is 13.3 Å². The lowest BCUT2D eigenvalue weighted by Gasteiger charge is -2.17. The molecule has 0 saturated carbocycles. The summed E-state index contributed by atoms with van der Waals surface area (Å²) in [5.74, 6) is 1.60. The Hall–Kier alpha value is -1.81. The maximum absolute atomic E-state index is 5.81. The third kappa shape index (κ3) is 3.11. The van der Waals surface area contributed by atoms with Crippen molar-refractivity contribution in [2.45, 2.75) is 6.54 Å². The summed E-state index contributed by atoms with van der Waals surface area (Å²) in [4.78, 5) is 10.2. The minimum atomic E-state index is 0.397. The molecular formula is C13H14ClN3O. The van der Waals surface area contributed by atoms with Gasteiger partial charge in [-0.3, -0.25) is 4.98 Å². The van der Waals surface area contributed by atoms with Gasteiger partial charge in [0.1, 0.15) is 16.7 Å². The second-order valence-electron chi connectivity index (χ2n) is 3.90. The highest BCUT2D eigenvalue weighted by Crippen LogP contribution is 2.16. The summed E-state index contributed by atoms with van der Waals surface area (Å²) in [7, 11) is 3.60. The summed E-state index contributed by atoms with van der Waals surface area (Å²) < 4.78 is 5.12. The van der Waals surface area contributed by atoms with Crippen molar-refractivity contribution in [2.24, 2.45) is 0 Å². The number of methoxy groups -OCH3 is 1. The quantitative estimate of drug-likeness (QED) is 0.850. The van der Waals surface area contributed by atoms with Crippen molar-refractivity contribution in [1.82, 2.24) is 9.97 Å². The van der Waals surface area contributed by atoms with Crippen LogP contribution in [0.15, 0.2) is 36.7 Å². The number of aromatic nitrogens is 2. The topological polar surface area (TPSA) is 38.2 Å². The fourth-order valence-corrected chi connectivity index (χ4v) is 1.75. The first kappa shape index (κ1) is 12.6. The highest BCUT2D eigenvalue weighted by molar-refractivity contribution is 6.29. The van der Waals surface area contributed by atoms with Gasteiger partial charge in [0.2, 0.25) is 0 Å². The number of halogens is 1. The van der Waals surface area contributed by atoms with Gasteiger partial charge in [0.05, 0.1) is 19.5 Å². The van der Waals surface area contributed by atoms with Crippen molar-refractivity contribution in [1.29, 1.82) is 0 Å². The van der Waals surface area contributed by atoms with Crippen molar-refractivity contribution < 1.29 is 4.74 Å². The number of rotatable bonds is 4. The SMILES string of the molecule is COc1ccc(CN(C)c2cncc(Cl)n2)cc1. The highest BCUT2D eigenvalue weighted by Gasteiger charge is 2.05. The number of hydrogen-bond acceptors (Lipinski definition) is 4. The smallest absolute Gasteiger partial charge is 0.149 e. The zero-order valence-electron chi connectivity index (χ0n) is 10.3. The van der Waals surface area contributed by atoms with Crippen LogP contribution in [0.2, 0.25) is 5.15 Å². The van der Waals surface area contributed by atoms with Crippen LogP contribution in [0.5, 0.6) is 5.75 Å². The Balaban J connectivity index is 2.08. The van der Waals surface area contributed by atoms with Gasteiger partial charge in [0.25, 0.3) is 0 Å². The average molecular weight is 264 g/mol. The van der Waals surface area contributed by atoms with Crippen molar-refractivity contribution in [3.8, 4) is 5.75 Å². The Morgan fingerprint density at radius 1 is 1.22 bits per heavy atom. The monoisotopic (exact) mass is 263 g/mol. The molecule has 94 valence electrons. The van der Waals surface area contributed by atoms with Crippen molar-refractivity contribution in [3.63, 3.8) is 0 Å². The van der Waals surface area contributed by atoms with Crippen LogP contribution >= 0.6 is 11.6 Å². The van der Waals surface area contributed by atoms with Gasteiger partial charge in [-0.05, 0) is 17.7 Å². The van der Waals surface area contributed by atoms with Gasteiger partial charge in [-0.15, -0.1) is 0 Å². The molecule has 2 rings (SSSR count). The molecular weight excluding hydrogens is 250 g/mol. The molecule has 1 heterocycles. The fourth-order valence-electron chi connectivity index (χ4n) is 1.60. The molecule has 0 aliphatic carbocycles. The first-order valence-electron chi connectivity index (χ1n) is 5.50. The largest absolute Gasteiger partial charge is 0.497 e. The Kier molecular flexibility index (Phi) is 3.99. The molecule has 1 aromatic carbocycles. The van der Waals surface area contributed by atoms with E-state index in [9.17, 15) is 0 Å². The lowest BCUT2D eigenvalue weighted by atomic mass is 10.2. The molecule has 0 unspecified atom stereocenters. The van der Waals surface area contributed by atoms with Crippen molar-refractivity contribution in [3.05, 3.63) is 47.4 Å². The Labute approximate surface area is 111 Å². The Morgan fingerprint density at radius 2 is 1.94 bits per heavy atom. The lowest BCUT2D eigenvalue weighted by molar-refractivity contribution is 0.414. The summed E-state index contributed by atoms with van der Waals surface area (Å²) >= 11 is 5.81. The van der Waals surface area contributed by atoms with E-state index in [0.717, 1.165) is 18.1 Å². The molecule has 0 aliphatic heterocycles. The van der Waals surface area contributed by atoms with E-state index in [4.69, 9.17) is 16.3 Å². The van der Waals surface area contributed by atoms with Crippen molar-refractivity contribution in [2.75, 3.05) is 19.1 Å². The predicted octanol–water partition coefficient (Wildman–Crippen LogP) is 2.78. The molecule has 0 spiro atoms. The van der Waals surface area contributed by atoms with Gasteiger partial charge in [-0.25, -0.2) is 4.98 Å². The third-order valence-corrected chi connectivity index (χ3v) is 2.74. The van der Waals surface area contributed by atoms with Gasteiger partial charge >= 0.3 is 0 Å². The normalized spacial score (nSPS) is 10.2. The van der Waals surface area contributed by atoms with Crippen LogP contribution in [-0.2, 0) is 6.54 Å². The number of benzene rings is 1. The zero-order valence-corrected chi connectivity index (χ0v) is 11.1. The summed E-state index contributed by atoms with van der Waals surface area (Å²) in [6.45, 7) is 0.735. The molecule has 5 heteroatoms. The second kappa shape index (κ2) is 5.69. The number of anilines is 1. The zero-order chi connectivity index (χ0) is 13.0. The number of nitrogens with zero attached hydrogens (tertiary/aromatic N) is 3. The molecule has 18 heavy (non-hydrogen) atoms. The molecule has 0 bridgehead atoms. The molecule has 0 aliphatic rings. The van der Waals surface area contributed by atoms with Crippen molar-refractivity contribution >= 4 is 17.4 Å². The molecule has 0 fully saturated rings. The molecule has 2 aromatic rings. The van der Waals surface area contributed by atoms with E-state index < -0.39 is 0 Å². The minimum Gasteiger partial charge on any atom is -0.497 e. The maximum Gasteiger partial charge on any atom is 0.149 e. The van der Waals surface area contributed by atoms with Crippen LogP contribution < -0.4 is 9.64 Å². The maximum atomic E-state index is 5.81.